The summed E-state index contributed by atoms with van der Waals surface area (Å²) in [6, 6.07) is 4.37. The minimum Gasteiger partial charge on any atom is -0.327 e. The molecule has 0 aliphatic heterocycles. The number of nitrogens with zero attached hydrogens (tertiary/aromatic N) is 1. The Labute approximate surface area is 97.8 Å². The van der Waals surface area contributed by atoms with Crippen LogP contribution in [0.4, 0.5) is 0 Å². The number of hydrogen-bond donors (Lipinski definition) is 1. The molecule has 0 aliphatic carbocycles. The average Bonchev–Trinajstić information content (AvgIpc) is 2.21. The van der Waals surface area contributed by atoms with E-state index in [0.717, 1.165) is 28.1 Å². The molecule has 1 unspecified atom stereocenters. The third kappa shape index (κ3) is 4.44. The molecule has 0 aromatic carbocycles. The van der Waals surface area contributed by atoms with Crippen molar-refractivity contribution in [2.24, 2.45) is 5.73 Å². The Morgan fingerprint density at radius 3 is 2.93 bits per heavy atom. The van der Waals surface area contributed by atoms with Gasteiger partial charge < -0.3 is 5.73 Å². The first-order valence-corrected chi connectivity index (χ1v) is 6.61. The highest BCUT2D eigenvalue weighted by Gasteiger charge is 2.00. The standard InChI is InChI=1S/C10H15BrN2S/c1-2-9(12)6-14-7-10-4-3-8(11)5-13-10/h3-5,9H,2,6-7,12H2,1H3. The van der Waals surface area contributed by atoms with E-state index in [0.29, 0.717) is 6.04 Å². The molecule has 1 aromatic heterocycles. The van der Waals surface area contributed by atoms with Crippen molar-refractivity contribution in [3.63, 3.8) is 0 Å². The molecule has 0 saturated carbocycles. The molecule has 0 amide bonds. The summed E-state index contributed by atoms with van der Waals surface area (Å²) in [6.45, 7) is 2.11. The van der Waals surface area contributed by atoms with Crippen LogP contribution in [-0.4, -0.2) is 16.8 Å². The van der Waals surface area contributed by atoms with Crippen molar-refractivity contribution in [2.75, 3.05) is 5.75 Å². The molecular weight excluding hydrogens is 260 g/mol. The van der Waals surface area contributed by atoms with E-state index in [2.05, 4.69) is 27.8 Å². The van der Waals surface area contributed by atoms with Gasteiger partial charge in [-0.3, -0.25) is 4.98 Å². The monoisotopic (exact) mass is 274 g/mol. The van der Waals surface area contributed by atoms with Crippen LogP contribution < -0.4 is 5.73 Å². The summed E-state index contributed by atoms with van der Waals surface area (Å²) >= 11 is 5.20. The summed E-state index contributed by atoms with van der Waals surface area (Å²) < 4.78 is 1.02. The van der Waals surface area contributed by atoms with Gasteiger partial charge in [-0.15, -0.1) is 0 Å². The van der Waals surface area contributed by atoms with E-state index in [1.165, 1.54) is 0 Å². The van der Waals surface area contributed by atoms with Gasteiger partial charge in [-0.25, -0.2) is 0 Å². The molecule has 2 N–H and O–H groups in total. The third-order valence-corrected chi connectivity index (χ3v) is 3.53. The van der Waals surface area contributed by atoms with Crippen LogP contribution in [0.15, 0.2) is 22.8 Å². The van der Waals surface area contributed by atoms with Crippen LogP contribution in [0.1, 0.15) is 19.0 Å². The van der Waals surface area contributed by atoms with E-state index in [1.54, 1.807) is 0 Å². The van der Waals surface area contributed by atoms with Crippen LogP contribution in [0, 0.1) is 0 Å². The van der Waals surface area contributed by atoms with Crippen molar-refractivity contribution in [1.29, 1.82) is 0 Å². The number of hydrogen-bond acceptors (Lipinski definition) is 3. The van der Waals surface area contributed by atoms with Crippen molar-refractivity contribution < 1.29 is 0 Å². The number of aromatic nitrogens is 1. The second-order valence-electron chi connectivity index (χ2n) is 3.15. The van der Waals surface area contributed by atoms with E-state index in [9.17, 15) is 0 Å². The zero-order chi connectivity index (χ0) is 10.4. The molecule has 1 heterocycles. The van der Waals surface area contributed by atoms with Gasteiger partial charge in [-0.1, -0.05) is 6.92 Å². The Morgan fingerprint density at radius 1 is 1.57 bits per heavy atom. The Balaban J connectivity index is 2.28. The zero-order valence-corrected chi connectivity index (χ0v) is 10.6. The number of pyridine rings is 1. The summed E-state index contributed by atoms with van der Waals surface area (Å²) in [5, 5.41) is 0. The Morgan fingerprint density at radius 2 is 2.36 bits per heavy atom. The van der Waals surface area contributed by atoms with Gasteiger partial charge in [0.05, 0.1) is 5.69 Å². The molecule has 4 heteroatoms. The average molecular weight is 275 g/mol. The van der Waals surface area contributed by atoms with E-state index in [4.69, 9.17) is 5.73 Å². The number of halogens is 1. The van der Waals surface area contributed by atoms with Gasteiger partial charge in [0.15, 0.2) is 0 Å². The van der Waals surface area contributed by atoms with Gasteiger partial charge in [-0.05, 0) is 34.5 Å². The fraction of sp³-hybridized carbons (Fsp3) is 0.500. The van der Waals surface area contributed by atoms with Crippen LogP contribution in [-0.2, 0) is 5.75 Å². The third-order valence-electron chi connectivity index (χ3n) is 1.89. The van der Waals surface area contributed by atoms with Crippen LogP contribution in [0.25, 0.3) is 0 Å². The van der Waals surface area contributed by atoms with Crippen molar-refractivity contribution in [3.05, 3.63) is 28.5 Å². The first kappa shape index (κ1) is 12.0. The highest BCUT2D eigenvalue weighted by Crippen LogP contribution is 2.14. The van der Waals surface area contributed by atoms with Gasteiger partial charge in [0.25, 0.3) is 0 Å². The fourth-order valence-electron chi connectivity index (χ4n) is 0.925. The molecule has 1 aromatic rings. The van der Waals surface area contributed by atoms with Gasteiger partial charge in [-0.2, -0.15) is 11.8 Å². The Hall–Kier alpha value is -0.0600. The number of thioether (sulfide) groups is 1. The maximum absolute atomic E-state index is 5.81. The number of nitrogens with two attached hydrogens (primary N) is 1. The van der Waals surface area contributed by atoms with Crippen LogP contribution in [0.2, 0.25) is 0 Å². The lowest BCUT2D eigenvalue weighted by Gasteiger charge is -2.07. The smallest absolute Gasteiger partial charge is 0.0503 e. The van der Waals surface area contributed by atoms with Crippen molar-refractivity contribution in [2.45, 2.75) is 25.1 Å². The normalized spacial score (nSPS) is 12.8. The predicted octanol–water partition coefficient (Wildman–Crippen LogP) is 2.81. The topological polar surface area (TPSA) is 38.9 Å². The maximum Gasteiger partial charge on any atom is 0.0503 e. The molecule has 0 radical (unpaired) electrons. The highest BCUT2D eigenvalue weighted by atomic mass is 79.9. The lowest BCUT2D eigenvalue weighted by Crippen LogP contribution is -2.21. The fourth-order valence-corrected chi connectivity index (χ4v) is 2.20. The van der Waals surface area contributed by atoms with Crippen molar-refractivity contribution in [3.8, 4) is 0 Å². The summed E-state index contributed by atoms with van der Waals surface area (Å²) in [6.07, 6.45) is 2.87. The first-order chi connectivity index (χ1) is 6.72. The predicted molar refractivity (Wildman–Crippen MR) is 66.4 cm³/mol. The van der Waals surface area contributed by atoms with Gasteiger partial charge in [0, 0.05) is 28.2 Å². The molecule has 14 heavy (non-hydrogen) atoms. The number of rotatable bonds is 5. The van der Waals surface area contributed by atoms with Gasteiger partial charge in [0.1, 0.15) is 0 Å². The maximum atomic E-state index is 5.81. The minimum atomic E-state index is 0.315. The van der Waals surface area contributed by atoms with Crippen LogP contribution in [0.3, 0.4) is 0 Å². The summed E-state index contributed by atoms with van der Waals surface area (Å²) in [5.41, 5.74) is 6.92. The lowest BCUT2D eigenvalue weighted by molar-refractivity contribution is 0.724. The Kier molecular flexibility index (Phi) is 5.52. The van der Waals surface area contributed by atoms with E-state index in [-0.39, 0.29) is 0 Å². The highest BCUT2D eigenvalue weighted by molar-refractivity contribution is 9.10. The van der Waals surface area contributed by atoms with Crippen LogP contribution >= 0.6 is 27.7 Å². The van der Waals surface area contributed by atoms with Gasteiger partial charge >= 0.3 is 0 Å². The van der Waals surface area contributed by atoms with E-state index < -0.39 is 0 Å². The molecule has 0 fully saturated rings. The van der Waals surface area contributed by atoms with Crippen molar-refractivity contribution >= 4 is 27.7 Å². The van der Waals surface area contributed by atoms with Crippen molar-refractivity contribution in [1.82, 2.24) is 4.98 Å². The first-order valence-electron chi connectivity index (χ1n) is 4.66. The van der Waals surface area contributed by atoms with E-state index in [1.807, 2.05) is 30.1 Å². The second-order valence-corrected chi connectivity index (χ2v) is 5.10. The SMILES string of the molecule is CCC(N)CSCc1ccc(Br)cn1. The molecule has 0 spiro atoms. The molecule has 2 nitrogen and oxygen atoms in total. The summed E-state index contributed by atoms with van der Waals surface area (Å²) in [4.78, 5) is 4.29. The molecular formula is C10H15BrN2S. The summed E-state index contributed by atoms with van der Waals surface area (Å²) in [7, 11) is 0. The molecule has 1 rings (SSSR count). The molecule has 0 saturated heterocycles. The molecule has 0 aliphatic rings. The molecule has 0 bridgehead atoms. The van der Waals surface area contributed by atoms with Gasteiger partial charge in [0.2, 0.25) is 0 Å². The molecule has 1 atom stereocenters. The lowest BCUT2D eigenvalue weighted by atomic mass is 10.3. The summed E-state index contributed by atoms with van der Waals surface area (Å²) in [5.74, 6) is 1.95. The quantitative estimate of drug-likeness (QED) is 0.898. The largest absolute Gasteiger partial charge is 0.327 e. The van der Waals surface area contributed by atoms with Crippen LogP contribution in [0.5, 0.6) is 0 Å². The minimum absolute atomic E-state index is 0.315. The second kappa shape index (κ2) is 6.43. The van der Waals surface area contributed by atoms with E-state index >= 15 is 0 Å². The molecule has 78 valence electrons. The Bertz CT molecular complexity index is 263. The zero-order valence-electron chi connectivity index (χ0n) is 8.24.